The molecule has 0 saturated carbocycles. The fourth-order valence-corrected chi connectivity index (χ4v) is 14.8. The number of rotatable bonds is 14. The van der Waals surface area contributed by atoms with Gasteiger partial charge in [-0.1, -0.05) is 356 Å². The summed E-state index contributed by atoms with van der Waals surface area (Å²) in [5.74, 6) is 0. The molecule has 3 heteroatoms. The molecule has 1 aliphatic carbocycles. The Morgan fingerprint density at radius 3 is 1.06 bits per heavy atom. The van der Waals surface area contributed by atoms with Gasteiger partial charge in [0.05, 0.1) is 16.8 Å². The highest BCUT2D eigenvalue weighted by molar-refractivity contribution is 6.31. The summed E-state index contributed by atoms with van der Waals surface area (Å²) in [6.07, 6.45) is 0. The summed E-state index contributed by atoms with van der Waals surface area (Å²) in [6, 6.07) is 127. The zero-order chi connectivity index (χ0) is 65.5. The molecular weight excluding hydrogens is 1180 g/mol. The van der Waals surface area contributed by atoms with E-state index in [1.165, 1.54) is 50.1 Å². The van der Waals surface area contributed by atoms with E-state index in [9.17, 15) is 0 Å². The third-order valence-corrected chi connectivity index (χ3v) is 19.5. The van der Waals surface area contributed by atoms with Crippen LogP contribution in [0.4, 0.5) is 34.1 Å². The molecule has 464 valence electrons. The second kappa shape index (κ2) is 25.4. The van der Waals surface area contributed by atoms with Gasteiger partial charge >= 0.3 is 0 Å². The van der Waals surface area contributed by atoms with Gasteiger partial charge in [0, 0.05) is 50.0 Å². The van der Waals surface area contributed by atoms with Crippen molar-refractivity contribution in [2.24, 2.45) is 0 Å². The standard InChI is InChI=1S/C93H75ClN2/c1-91(2,3)73-57-70(58-74(60-73)92(4,5)6)64-53-55-76(56-54-64)95(89-81(65-31-13-7-14-32-65)47-29-48-82(89)66-33-15-8-16-34-66)78-61-75(94)62-79(63-78)96(90-83(67-35-17-9-18-36-67)49-30-50-84(90)68-37-19-10-20-38-68)77-44-27-39-69(59-77)80-46-28-51-86-85-45-25-26-52-87(85)93(88(80)86,71-40-21-11-22-41-71)72-42-23-12-24-43-72/h7-63H,1-6H3. The molecule has 14 aromatic rings. The molecule has 0 N–H and O–H groups in total. The maximum atomic E-state index is 7.95. The quantitative estimate of drug-likeness (QED) is 0.107. The van der Waals surface area contributed by atoms with E-state index in [1.807, 2.05) is 0 Å². The number of anilines is 6. The lowest BCUT2D eigenvalue weighted by molar-refractivity contribution is 0.569. The van der Waals surface area contributed by atoms with Gasteiger partial charge in [-0.25, -0.2) is 0 Å². The lowest BCUT2D eigenvalue weighted by Crippen LogP contribution is -2.29. The molecule has 96 heavy (non-hydrogen) atoms. The minimum absolute atomic E-state index is 0.0461. The highest BCUT2D eigenvalue weighted by Crippen LogP contribution is 2.60. The minimum Gasteiger partial charge on any atom is -0.309 e. The van der Waals surface area contributed by atoms with E-state index in [4.69, 9.17) is 11.6 Å². The number of fused-ring (bicyclic) bond motifs is 3. The molecule has 0 heterocycles. The summed E-state index contributed by atoms with van der Waals surface area (Å²) in [5.41, 5.74) is 28.4. The summed E-state index contributed by atoms with van der Waals surface area (Å²) in [5, 5.41) is 0.588. The predicted octanol–water partition coefficient (Wildman–Crippen LogP) is 26.2. The topological polar surface area (TPSA) is 6.48 Å². The van der Waals surface area contributed by atoms with Crippen molar-refractivity contribution in [2.45, 2.75) is 57.8 Å². The molecule has 1 aliphatic rings. The third-order valence-electron chi connectivity index (χ3n) is 19.3. The molecular formula is C93H75ClN2. The molecule has 0 unspecified atom stereocenters. The second-order valence-electron chi connectivity index (χ2n) is 27.4. The van der Waals surface area contributed by atoms with E-state index < -0.39 is 5.41 Å². The normalized spacial score (nSPS) is 12.4. The van der Waals surface area contributed by atoms with Crippen LogP contribution in [0.2, 0.25) is 5.02 Å². The highest BCUT2D eigenvalue weighted by Gasteiger charge is 2.47. The smallest absolute Gasteiger partial charge is 0.0719 e. The Bertz CT molecular complexity index is 4920. The van der Waals surface area contributed by atoms with Crippen molar-refractivity contribution in [1.29, 1.82) is 0 Å². The fraction of sp³-hybridized carbons (Fsp3) is 0.0968. The van der Waals surface area contributed by atoms with Crippen LogP contribution in [0.3, 0.4) is 0 Å². The van der Waals surface area contributed by atoms with Gasteiger partial charge in [0.15, 0.2) is 0 Å². The molecule has 15 rings (SSSR count). The van der Waals surface area contributed by atoms with Crippen LogP contribution in [0, 0.1) is 0 Å². The van der Waals surface area contributed by atoms with E-state index >= 15 is 0 Å². The Labute approximate surface area is 571 Å². The Balaban J connectivity index is 1.01. The molecule has 14 aromatic carbocycles. The average Bonchev–Trinajstić information content (AvgIpc) is 1.51. The van der Waals surface area contributed by atoms with Gasteiger partial charge in [-0.05, 0) is 142 Å². The number of benzene rings is 14. The van der Waals surface area contributed by atoms with Crippen molar-refractivity contribution in [1.82, 2.24) is 0 Å². The van der Waals surface area contributed by atoms with E-state index in [-0.39, 0.29) is 10.8 Å². The number of hydrogen-bond donors (Lipinski definition) is 0. The van der Waals surface area contributed by atoms with Crippen LogP contribution in [-0.4, -0.2) is 0 Å². The lowest BCUT2D eigenvalue weighted by atomic mass is 9.66. The van der Waals surface area contributed by atoms with Crippen molar-refractivity contribution in [3.05, 3.63) is 384 Å². The van der Waals surface area contributed by atoms with E-state index in [0.29, 0.717) is 5.02 Å². The summed E-state index contributed by atoms with van der Waals surface area (Å²) in [6.45, 7) is 13.9. The first kappa shape index (κ1) is 61.2. The van der Waals surface area contributed by atoms with Gasteiger partial charge in [0.1, 0.15) is 0 Å². The molecule has 0 saturated heterocycles. The molecule has 0 aromatic heterocycles. The third kappa shape index (κ3) is 11.3. The van der Waals surface area contributed by atoms with Crippen LogP contribution in [-0.2, 0) is 16.2 Å². The second-order valence-corrected chi connectivity index (χ2v) is 27.8. The Hall–Kier alpha value is -11.0. The molecule has 0 amide bonds. The van der Waals surface area contributed by atoms with Crippen molar-refractivity contribution < 1.29 is 0 Å². The molecule has 0 atom stereocenters. The SMILES string of the molecule is CC(C)(C)c1cc(-c2ccc(N(c3cc(Cl)cc(N(c4cccc(-c5cccc6c5C(c5ccccc5)(c5ccccc5)c5ccccc5-6)c4)c4c(-c5ccccc5)cccc4-c4ccccc4)c3)c3c(-c4ccccc4)cccc3-c3ccccc3)cc2)cc(C(C)(C)C)c1. The van der Waals surface area contributed by atoms with Crippen LogP contribution in [0.1, 0.15) is 74.9 Å². The van der Waals surface area contributed by atoms with Crippen molar-refractivity contribution in [3.63, 3.8) is 0 Å². The van der Waals surface area contributed by atoms with E-state index in [0.717, 1.165) is 95.3 Å². The summed E-state index contributed by atoms with van der Waals surface area (Å²) in [4.78, 5) is 4.92. The van der Waals surface area contributed by atoms with E-state index in [1.54, 1.807) is 0 Å². The van der Waals surface area contributed by atoms with Gasteiger partial charge in [0.25, 0.3) is 0 Å². The monoisotopic (exact) mass is 1250 g/mol. The largest absolute Gasteiger partial charge is 0.309 e. The van der Waals surface area contributed by atoms with E-state index in [2.05, 4.69) is 397 Å². The summed E-state index contributed by atoms with van der Waals surface area (Å²) in [7, 11) is 0. The Morgan fingerprint density at radius 2 is 0.615 bits per heavy atom. The maximum Gasteiger partial charge on any atom is 0.0719 e. The van der Waals surface area contributed by atoms with Crippen LogP contribution in [0.25, 0.3) is 77.9 Å². The summed E-state index contributed by atoms with van der Waals surface area (Å²) >= 11 is 7.95. The average molecular weight is 1260 g/mol. The number of halogens is 1. The van der Waals surface area contributed by atoms with Crippen LogP contribution in [0.5, 0.6) is 0 Å². The van der Waals surface area contributed by atoms with Crippen LogP contribution >= 0.6 is 11.6 Å². The van der Waals surface area contributed by atoms with Gasteiger partial charge in [-0.2, -0.15) is 0 Å². The Kier molecular flexibility index (Phi) is 16.2. The minimum atomic E-state index is -0.634. The lowest BCUT2D eigenvalue weighted by Gasteiger charge is -2.35. The van der Waals surface area contributed by atoms with Gasteiger partial charge in [-0.15, -0.1) is 0 Å². The zero-order valence-corrected chi connectivity index (χ0v) is 55.9. The zero-order valence-electron chi connectivity index (χ0n) is 55.2. The maximum absolute atomic E-state index is 7.95. The Morgan fingerprint density at radius 1 is 0.250 bits per heavy atom. The molecule has 0 fully saturated rings. The predicted molar refractivity (Wildman–Crippen MR) is 408 cm³/mol. The first-order chi connectivity index (χ1) is 46.8. The molecule has 0 radical (unpaired) electrons. The summed E-state index contributed by atoms with van der Waals surface area (Å²) < 4.78 is 0. The van der Waals surface area contributed by atoms with Gasteiger partial charge < -0.3 is 9.80 Å². The van der Waals surface area contributed by atoms with Gasteiger partial charge in [0.2, 0.25) is 0 Å². The number of nitrogens with zero attached hydrogens (tertiary/aromatic N) is 2. The van der Waals surface area contributed by atoms with Crippen molar-refractivity contribution >= 4 is 45.7 Å². The number of para-hydroxylation sites is 2. The molecule has 0 spiro atoms. The van der Waals surface area contributed by atoms with Gasteiger partial charge in [-0.3, -0.25) is 0 Å². The van der Waals surface area contributed by atoms with Crippen LogP contribution < -0.4 is 9.80 Å². The first-order valence-corrected chi connectivity index (χ1v) is 33.8. The van der Waals surface area contributed by atoms with Crippen molar-refractivity contribution in [2.75, 3.05) is 9.80 Å². The molecule has 2 nitrogen and oxygen atoms in total. The van der Waals surface area contributed by atoms with Crippen molar-refractivity contribution in [3.8, 4) is 77.9 Å². The first-order valence-electron chi connectivity index (χ1n) is 33.4. The highest BCUT2D eigenvalue weighted by atomic mass is 35.5. The molecule has 0 aliphatic heterocycles. The fourth-order valence-electron chi connectivity index (χ4n) is 14.6. The molecule has 0 bridgehead atoms. The van der Waals surface area contributed by atoms with Crippen LogP contribution in [0.15, 0.2) is 346 Å². The number of hydrogen-bond acceptors (Lipinski definition) is 2.